The molecule has 0 aliphatic rings. The Morgan fingerprint density at radius 3 is 2.41 bits per heavy atom. The molecule has 1 N–H and O–H groups in total. The quantitative estimate of drug-likeness (QED) is 0.128. The number of carbonyl (C=O) groups is 1. The lowest BCUT2D eigenvalue weighted by atomic mass is 10.1. The maximum Gasteiger partial charge on any atom is 0.305 e. The average molecular weight is 612 g/mol. The van der Waals surface area contributed by atoms with E-state index in [9.17, 15) is 9.18 Å². The van der Waals surface area contributed by atoms with Crippen molar-refractivity contribution in [2.45, 2.75) is 52.6 Å². The number of rotatable bonds is 18. The van der Waals surface area contributed by atoms with Crippen LogP contribution in [0.3, 0.4) is 0 Å². The molecule has 2 aromatic carbocycles. The summed E-state index contributed by atoms with van der Waals surface area (Å²) < 4.78 is 41.3. The van der Waals surface area contributed by atoms with Crippen LogP contribution in [0.2, 0.25) is 10.0 Å². The van der Waals surface area contributed by atoms with Crippen molar-refractivity contribution >= 4 is 29.2 Å². The number of benzene rings is 2. The van der Waals surface area contributed by atoms with Gasteiger partial charge in [-0.15, -0.1) is 0 Å². The highest BCUT2D eigenvalue weighted by Gasteiger charge is 2.12. The SMILES string of the molecule is COC(=O)CCc1cc(Cl)c(OCCCOCCOCc2[nH]nc(C)c2CCCOc2cc(C)ccc2F)c(Cl)c1. The van der Waals surface area contributed by atoms with Gasteiger partial charge in [0, 0.05) is 19.4 Å². The Kier molecular flexibility index (Phi) is 13.7. The number of hydrogen-bond acceptors (Lipinski definition) is 7. The van der Waals surface area contributed by atoms with Crippen LogP contribution >= 0.6 is 23.2 Å². The van der Waals surface area contributed by atoms with Crippen LogP contribution < -0.4 is 9.47 Å². The molecule has 0 saturated carbocycles. The fourth-order valence-corrected chi connectivity index (χ4v) is 4.72. The zero-order chi connectivity index (χ0) is 29.6. The van der Waals surface area contributed by atoms with Crippen LogP contribution in [0.25, 0.3) is 0 Å². The van der Waals surface area contributed by atoms with Gasteiger partial charge in [0.05, 0.1) is 61.6 Å². The molecule has 0 fully saturated rings. The van der Waals surface area contributed by atoms with Crippen LogP contribution in [0.15, 0.2) is 30.3 Å². The van der Waals surface area contributed by atoms with E-state index in [-0.39, 0.29) is 24.0 Å². The molecular weight excluding hydrogens is 574 g/mol. The van der Waals surface area contributed by atoms with Crippen molar-refractivity contribution in [3.63, 3.8) is 0 Å². The minimum absolute atomic E-state index is 0.251. The number of halogens is 3. The lowest BCUT2D eigenvalue weighted by Gasteiger charge is -2.12. The van der Waals surface area contributed by atoms with Gasteiger partial charge < -0.3 is 23.7 Å². The third-order valence-corrected chi connectivity index (χ3v) is 6.84. The molecule has 0 amide bonds. The van der Waals surface area contributed by atoms with E-state index in [1.54, 1.807) is 24.3 Å². The number of nitrogens with zero attached hydrogens (tertiary/aromatic N) is 1. The fourth-order valence-electron chi connectivity index (χ4n) is 4.08. The van der Waals surface area contributed by atoms with Gasteiger partial charge in [0.25, 0.3) is 0 Å². The summed E-state index contributed by atoms with van der Waals surface area (Å²) >= 11 is 12.6. The van der Waals surface area contributed by atoms with Gasteiger partial charge >= 0.3 is 5.97 Å². The number of ether oxygens (including phenoxy) is 5. The van der Waals surface area contributed by atoms with Gasteiger partial charge in [-0.2, -0.15) is 5.10 Å². The Morgan fingerprint density at radius 2 is 1.66 bits per heavy atom. The topological polar surface area (TPSA) is 91.9 Å². The lowest BCUT2D eigenvalue weighted by molar-refractivity contribution is -0.140. The monoisotopic (exact) mass is 610 g/mol. The van der Waals surface area contributed by atoms with Crippen LogP contribution in [-0.2, 0) is 38.5 Å². The minimum atomic E-state index is -0.354. The van der Waals surface area contributed by atoms with Gasteiger partial charge in [-0.3, -0.25) is 9.89 Å². The smallest absolute Gasteiger partial charge is 0.305 e. The summed E-state index contributed by atoms with van der Waals surface area (Å²) in [5.74, 6) is 0.0458. The predicted molar refractivity (Wildman–Crippen MR) is 156 cm³/mol. The van der Waals surface area contributed by atoms with Crippen molar-refractivity contribution in [3.8, 4) is 11.5 Å². The van der Waals surface area contributed by atoms with E-state index in [1.807, 2.05) is 13.8 Å². The van der Waals surface area contributed by atoms with Crippen LogP contribution in [-0.4, -0.2) is 56.3 Å². The first kappa shape index (κ1) is 32.7. The second-order valence-electron chi connectivity index (χ2n) is 9.48. The third-order valence-electron chi connectivity index (χ3n) is 6.28. The number of aromatic nitrogens is 2. The predicted octanol–water partition coefficient (Wildman–Crippen LogP) is 6.59. The van der Waals surface area contributed by atoms with E-state index < -0.39 is 0 Å². The highest BCUT2D eigenvalue weighted by atomic mass is 35.5. The first-order valence-electron chi connectivity index (χ1n) is 13.5. The fraction of sp³-hybridized carbons (Fsp3) is 0.467. The number of H-pyrrole nitrogens is 1. The van der Waals surface area contributed by atoms with Crippen LogP contribution in [0.1, 0.15) is 47.3 Å². The zero-order valence-electron chi connectivity index (χ0n) is 23.7. The molecule has 0 saturated heterocycles. The van der Waals surface area contributed by atoms with E-state index in [2.05, 4.69) is 14.9 Å². The first-order chi connectivity index (χ1) is 19.8. The maximum absolute atomic E-state index is 13.9. The average Bonchev–Trinajstić information content (AvgIpc) is 3.30. The molecule has 3 aromatic rings. The lowest BCUT2D eigenvalue weighted by Crippen LogP contribution is -2.09. The summed E-state index contributed by atoms with van der Waals surface area (Å²) in [5.41, 5.74) is 4.71. The standard InChI is InChI=1S/C30H37Cl2FN2O6/c1-20-7-9-26(33)28(16-20)40-12-4-6-23-21(2)34-35-27(23)19-39-15-14-38-11-5-13-41-30-24(31)17-22(18-25(30)32)8-10-29(36)37-3/h7,9,16-18H,4-6,8,10-15,19H2,1-3H3,(H,34,35). The van der Waals surface area contributed by atoms with E-state index in [1.165, 1.54) is 13.2 Å². The van der Waals surface area contributed by atoms with Crippen LogP contribution in [0.5, 0.6) is 11.5 Å². The number of carbonyl (C=O) groups excluding carboxylic acids is 1. The van der Waals surface area contributed by atoms with Gasteiger partial charge in [0.1, 0.15) is 0 Å². The van der Waals surface area contributed by atoms with Crippen molar-refractivity contribution in [2.75, 3.05) is 40.1 Å². The van der Waals surface area contributed by atoms with Crippen molar-refractivity contribution in [3.05, 3.63) is 74.3 Å². The normalized spacial score (nSPS) is 11.1. The molecule has 0 bridgehead atoms. The molecule has 3 rings (SSSR count). The van der Waals surface area contributed by atoms with Gasteiger partial charge in [-0.05, 0) is 74.1 Å². The van der Waals surface area contributed by atoms with Gasteiger partial charge in [0.2, 0.25) is 0 Å². The number of methoxy groups -OCH3 is 1. The summed E-state index contributed by atoms with van der Waals surface area (Å²) in [6.45, 7) is 6.39. The molecule has 1 aromatic heterocycles. The van der Waals surface area contributed by atoms with Crippen molar-refractivity contribution in [2.24, 2.45) is 0 Å². The summed E-state index contributed by atoms with van der Waals surface area (Å²) in [6, 6.07) is 8.32. The molecular formula is C30H37Cl2FN2O6. The molecule has 11 heteroatoms. The molecule has 8 nitrogen and oxygen atoms in total. The highest BCUT2D eigenvalue weighted by Crippen LogP contribution is 2.34. The summed E-state index contributed by atoms with van der Waals surface area (Å²) in [5, 5.41) is 8.13. The van der Waals surface area contributed by atoms with Crippen LogP contribution in [0.4, 0.5) is 4.39 Å². The largest absolute Gasteiger partial charge is 0.490 e. The molecule has 0 spiro atoms. The second-order valence-corrected chi connectivity index (χ2v) is 10.3. The van der Waals surface area contributed by atoms with Crippen LogP contribution in [0, 0.1) is 19.7 Å². The Balaban J connectivity index is 1.28. The van der Waals surface area contributed by atoms with E-state index in [4.69, 9.17) is 42.1 Å². The number of aryl methyl sites for hydroxylation is 3. The van der Waals surface area contributed by atoms with E-state index in [0.717, 1.165) is 40.9 Å². The van der Waals surface area contributed by atoms with Crippen molar-refractivity contribution < 1.29 is 32.9 Å². The van der Waals surface area contributed by atoms with Gasteiger partial charge in [-0.25, -0.2) is 4.39 Å². The molecule has 1 heterocycles. The van der Waals surface area contributed by atoms with Gasteiger partial charge in [-0.1, -0.05) is 29.3 Å². The summed E-state index contributed by atoms with van der Waals surface area (Å²) in [6.07, 6.45) is 2.85. The molecule has 0 aliphatic heterocycles. The molecule has 0 atom stereocenters. The van der Waals surface area contributed by atoms with Crippen molar-refractivity contribution in [1.29, 1.82) is 0 Å². The Labute approximate surface area is 250 Å². The Hall–Kier alpha value is -2.85. The number of hydrogen-bond donors (Lipinski definition) is 1. The second kappa shape index (κ2) is 17.2. The van der Waals surface area contributed by atoms with Gasteiger partial charge in [0.15, 0.2) is 17.3 Å². The number of aromatic amines is 1. The minimum Gasteiger partial charge on any atom is -0.490 e. The number of esters is 1. The summed E-state index contributed by atoms with van der Waals surface area (Å²) in [7, 11) is 1.35. The third kappa shape index (κ3) is 10.8. The number of nitrogens with one attached hydrogen (secondary N) is 1. The van der Waals surface area contributed by atoms with E-state index >= 15 is 0 Å². The Bertz CT molecular complexity index is 1250. The Morgan fingerprint density at radius 1 is 0.927 bits per heavy atom. The maximum atomic E-state index is 13.9. The molecule has 0 radical (unpaired) electrons. The molecule has 0 aliphatic carbocycles. The first-order valence-corrected chi connectivity index (χ1v) is 14.3. The molecule has 41 heavy (non-hydrogen) atoms. The summed E-state index contributed by atoms with van der Waals surface area (Å²) in [4.78, 5) is 11.3. The highest BCUT2D eigenvalue weighted by molar-refractivity contribution is 6.37. The zero-order valence-corrected chi connectivity index (χ0v) is 25.2. The molecule has 0 unspecified atom stereocenters. The molecule has 224 valence electrons. The van der Waals surface area contributed by atoms with E-state index in [0.29, 0.717) is 68.3 Å². The van der Waals surface area contributed by atoms with Crippen molar-refractivity contribution in [1.82, 2.24) is 10.2 Å².